The van der Waals surface area contributed by atoms with Gasteiger partial charge in [0.25, 0.3) is 0 Å². The molecule has 0 aliphatic heterocycles. The van der Waals surface area contributed by atoms with Gasteiger partial charge in [0.15, 0.2) is 6.10 Å². The molecule has 0 aliphatic carbocycles. The first-order valence-electron chi connectivity index (χ1n) is 6.77. The van der Waals surface area contributed by atoms with Crippen LogP contribution in [0.2, 0.25) is 0 Å². The Balaban J connectivity index is 2.61. The van der Waals surface area contributed by atoms with Gasteiger partial charge in [0.1, 0.15) is 5.75 Å². The number of hydrogen-bond acceptors (Lipinski definition) is 4. The molecule has 20 heavy (non-hydrogen) atoms. The van der Waals surface area contributed by atoms with Crippen molar-refractivity contribution >= 4 is 21.9 Å². The number of alkyl halides is 1. The number of hydrogen-bond donors (Lipinski definition) is 0. The van der Waals surface area contributed by atoms with Crippen LogP contribution in [-0.2, 0) is 20.7 Å². The van der Waals surface area contributed by atoms with E-state index in [1.165, 1.54) is 0 Å². The van der Waals surface area contributed by atoms with Crippen LogP contribution in [0.4, 0.5) is 0 Å². The Bertz CT molecular complexity index is 391. The fraction of sp³-hybridized carbons (Fsp3) is 0.533. The van der Waals surface area contributed by atoms with Gasteiger partial charge in [-0.15, -0.1) is 0 Å². The van der Waals surface area contributed by atoms with Crippen LogP contribution < -0.4 is 4.74 Å². The van der Waals surface area contributed by atoms with Crippen molar-refractivity contribution < 1.29 is 19.0 Å². The van der Waals surface area contributed by atoms with Crippen LogP contribution in [-0.4, -0.2) is 37.2 Å². The molecule has 0 amide bonds. The number of carbonyl (C=O) groups excluding carboxylic acids is 1. The second kappa shape index (κ2) is 9.77. The smallest absolute Gasteiger partial charge is 0.335 e. The quantitative estimate of drug-likeness (QED) is 0.510. The molecule has 0 aromatic heterocycles. The summed E-state index contributed by atoms with van der Waals surface area (Å²) >= 11 is 3.31. The van der Waals surface area contributed by atoms with Gasteiger partial charge in [-0.2, -0.15) is 0 Å². The molecule has 0 fully saturated rings. The third-order valence-electron chi connectivity index (χ3n) is 2.61. The molecule has 1 aromatic carbocycles. The van der Waals surface area contributed by atoms with Gasteiger partial charge in [-0.3, -0.25) is 0 Å². The normalized spacial score (nSPS) is 11.9. The van der Waals surface area contributed by atoms with Crippen molar-refractivity contribution in [2.45, 2.75) is 26.4 Å². The Morgan fingerprint density at radius 1 is 1.20 bits per heavy atom. The van der Waals surface area contributed by atoms with E-state index in [9.17, 15) is 4.79 Å². The minimum atomic E-state index is -0.547. The first-order chi connectivity index (χ1) is 9.71. The highest BCUT2D eigenvalue weighted by Crippen LogP contribution is 2.15. The largest absolute Gasteiger partial charge is 0.493 e. The minimum absolute atomic E-state index is 0.311. The van der Waals surface area contributed by atoms with Crippen LogP contribution in [0.3, 0.4) is 0 Å². The molecular weight excluding hydrogens is 324 g/mol. The Labute approximate surface area is 128 Å². The van der Waals surface area contributed by atoms with E-state index < -0.39 is 6.10 Å². The number of esters is 1. The Morgan fingerprint density at radius 2 is 1.90 bits per heavy atom. The van der Waals surface area contributed by atoms with Crippen molar-refractivity contribution in [3.05, 3.63) is 29.8 Å². The van der Waals surface area contributed by atoms with Gasteiger partial charge < -0.3 is 14.2 Å². The van der Waals surface area contributed by atoms with E-state index in [2.05, 4.69) is 15.9 Å². The van der Waals surface area contributed by atoms with E-state index >= 15 is 0 Å². The molecule has 1 atom stereocenters. The Kier molecular flexibility index (Phi) is 8.30. The monoisotopic (exact) mass is 344 g/mol. The molecule has 5 heteroatoms. The lowest BCUT2D eigenvalue weighted by atomic mass is 10.1. The highest BCUT2D eigenvalue weighted by atomic mass is 79.9. The molecule has 0 radical (unpaired) electrons. The molecular formula is C15H21BrO4. The molecule has 1 rings (SSSR count). The standard InChI is InChI=1S/C15H21BrO4/c1-3-18-14(15(17)19-4-2)11-12-5-7-13(8-6-12)20-10-9-16/h5-8,14H,3-4,9-11H2,1-2H3/t14-/m1/s1. The summed E-state index contributed by atoms with van der Waals surface area (Å²) in [4.78, 5) is 11.8. The van der Waals surface area contributed by atoms with Gasteiger partial charge in [-0.05, 0) is 31.5 Å². The molecule has 0 heterocycles. The molecule has 0 N–H and O–H groups in total. The molecule has 112 valence electrons. The lowest BCUT2D eigenvalue weighted by Gasteiger charge is -2.15. The van der Waals surface area contributed by atoms with Crippen molar-refractivity contribution in [1.82, 2.24) is 0 Å². The third-order valence-corrected chi connectivity index (χ3v) is 2.93. The van der Waals surface area contributed by atoms with Crippen molar-refractivity contribution in [3.8, 4) is 5.75 Å². The molecule has 0 saturated carbocycles. The van der Waals surface area contributed by atoms with Crippen molar-refractivity contribution in [3.63, 3.8) is 0 Å². The maximum atomic E-state index is 11.8. The van der Waals surface area contributed by atoms with Gasteiger partial charge in [0.2, 0.25) is 0 Å². The highest BCUT2D eigenvalue weighted by molar-refractivity contribution is 9.09. The van der Waals surface area contributed by atoms with Crippen LogP contribution >= 0.6 is 15.9 Å². The van der Waals surface area contributed by atoms with E-state index in [-0.39, 0.29) is 5.97 Å². The third kappa shape index (κ3) is 5.92. The van der Waals surface area contributed by atoms with Crippen molar-refractivity contribution in [2.24, 2.45) is 0 Å². The lowest BCUT2D eigenvalue weighted by molar-refractivity contribution is -0.156. The lowest BCUT2D eigenvalue weighted by Crippen LogP contribution is -2.28. The number of benzene rings is 1. The maximum absolute atomic E-state index is 11.8. The van der Waals surface area contributed by atoms with Crippen molar-refractivity contribution in [2.75, 3.05) is 25.2 Å². The van der Waals surface area contributed by atoms with Crippen LogP contribution in [0.25, 0.3) is 0 Å². The van der Waals surface area contributed by atoms with E-state index in [4.69, 9.17) is 14.2 Å². The average molecular weight is 345 g/mol. The van der Waals surface area contributed by atoms with E-state index in [0.29, 0.717) is 26.2 Å². The Hall–Kier alpha value is -1.07. The zero-order chi connectivity index (χ0) is 14.8. The molecule has 0 bridgehead atoms. The summed E-state index contributed by atoms with van der Waals surface area (Å²) < 4.78 is 15.9. The zero-order valence-corrected chi connectivity index (χ0v) is 13.5. The van der Waals surface area contributed by atoms with E-state index in [1.807, 2.05) is 31.2 Å². The van der Waals surface area contributed by atoms with E-state index in [0.717, 1.165) is 16.6 Å². The summed E-state index contributed by atoms with van der Waals surface area (Å²) in [6, 6.07) is 7.67. The predicted molar refractivity (Wildman–Crippen MR) is 81.5 cm³/mol. The number of rotatable bonds is 9. The molecule has 1 aromatic rings. The Morgan fingerprint density at radius 3 is 2.45 bits per heavy atom. The number of carbonyl (C=O) groups is 1. The summed E-state index contributed by atoms with van der Waals surface area (Å²) in [6.07, 6.45) is -0.0416. The fourth-order valence-electron chi connectivity index (χ4n) is 1.74. The first kappa shape index (κ1) is 17.0. The van der Waals surface area contributed by atoms with Crippen LogP contribution in [0.15, 0.2) is 24.3 Å². The predicted octanol–water partition coefficient (Wildman–Crippen LogP) is 2.97. The SMILES string of the molecule is CCOC(=O)[C@@H](Cc1ccc(OCCBr)cc1)OCC. The molecule has 0 saturated heterocycles. The van der Waals surface area contributed by atoms with Crippen LogP contribution in [0, 0.1) is 0 Å². The summed E-state index contributed by atoms with van der Waals surface area (Å²) in [5.74, 6) is 0.506. The average Bonchev–Trinajstić information content (AvgIpc) is 2.46. The highest BCUT2D eigenvalue weighted by Gasteiger charge is 2.20. The van der Waals surface area contributed by atoms with Gasteiger partial charge in [0.05, 0.1) is 13.2 Å². The second-order valence-electron chi connectivity index (χ2n) is 4.08. The van der Waals surface area contributed by atoms with Crippen LogP contribution in [0.1, 0.15) is 19.4 Å². The summed E-state index contributed by atoms with van der Waals surface area (Å²) in [5.41, 5.74) is 1.02. The topological polar surface area (TPSA) is 44.8 Å². The number of ether oxygens (including phenoxy) is 3. The minimum Gasteiger partial charge on any atom is -0.493 e. The first-order valence-corrected chi connectivity index (χ1v) is 7.89. The van der Waals surface area contributed by atoms with Gasteiger partial charge in [0, 0.05) is 18.4 Å². The fourth-order valence-corrected chi connectivity index (χ4v) is 1.90. The summed E-state index contributed by atoms with van der Waals surface area (Å²) in [6.45, 7) is 5.13. The second-order valence-corrected chi connectivity index (χ2v) is 4.87. The summed E-state index contributed by atoms with van der Waals surface area (Å²) in [5, 5.41) is 0.796. The van der Waals surface area contributed by atoms with Crippen LogP contribution in [0.5, 0.6) is 5.75 Å². The van der Waals surface area contributed by atoms with E-state index in [1.54, 1.807) is 6.92 Å². The molecule has 4 nitrogen and oxygen atoms in total. The maximum Gasteiger partial charge on any atom is 0.335 e. The van der Waals surface area contributed by atoms with Gasteiger partial charge in [-0.1, -0.05) is 28.1 Å². The zero-order valence-electron chi connectivity index (χ0n) is 11.9. The molecule has 0 unspecified atom stereocenters. The molecule has 0 aliphatic rings. The van der Waals surface area contributed by atoms with Crippen molar-refractivity contribution in [1.29, 1.82) is 0 Å². The number of halogens is 1. The van der Waals surface area contributed by atoms with Gasteiger partial charge >= 0.3 is 5.97 Å². The summed E-state index contributed by atoms with van der Waals surface area (Å²) in [7, 11) is 0. The molecule has 0 spiro atoms. The van der Waals surface area contributed by atoms with Gasteiger partial charge in [-0.25, -0.2) is 4.79 Å².